The van der Waals surface area contributed by atoms with Crippen LogP contribution >= 0.6 is 0 Å². The van der Waals surface area contributed by atoms with Crippen molar-refractivity contribution < 1.29 is 17.5 Å². The number of rotatable bonds is 8. The van der Waals surface area contributed by atoms with E-state index in [1.54, 1.807) is 36.4 Å². The molecule has 0 aliphatic carbocycles. The Morgan fingerprint density at radius 1 is 0.968 bits per heavy atom. The molecular formula is C25H24FNO3S. The van der Waals surface area contributed by atoms with Crippen LogP contribution in [0.25, 0.3) is 6.08 Å². The summed E-state index contributed by atoms with van der Waals surface area (Å²) in [7, 11) is -3.70. The van der Waals surface area contributed by atoms with Crippen LogP contribution in [0.15, 0.2) is 89.8 Å². The molecule has 0 amide bonds. The topological polar surface area (TPSA) is 49.9 Å². The molecule has 0 spiro atoms. The van der Waals surface area contributed by atoms with Crippen LogP contribution in [0.2, 0.25) is 0 Å². The Hall–Kier alpha value is -2.80. The van der Waals surface area contributed by atoms with E-state index in [9.17, 15) is 12.8 Å². The van der Waals surface area contributed by atoms with Gasteiger partial charge in [0.15, 0.2) is 0 Å². The van der Waals surface area contributed by atoms with Gasteiger partial charge >= 0.3 is 0 Å². The monoisotopic (exact) mass is 437 g/mol. The van der Waals surface area contributed by atoms with E-state index in [4.69, 9.17) is 4.74 Å². The fraction of sp³-hybridized carbons (Fsp3) is 0.200. The van der Waals surface area contributed by atoms with Crippen LogP contribution in [0.1, 0.15) is 22.8 Å². The number of nitrogens with zero attached hydrogens (tertiary/aromatic N) is 1. The third kappa shape index (κ3) is 5.28. The molecule has 0 N–H and O–H groups in total. The summed E-state index contributed by atoms with van der Waals surface area (Å²) in [5, 5.41) is 0. The number of hydrogen-bond acceptors (Lipinski definition) is 3. The molecular weight excluding hydrogens is 413 g/mol. The Morgan fingerprint density at radius 2 is 1.65 bits per heavy atom. The van der Waals surface area contributed by atoms with Crippen molar-refractivity contribution in [1.82, 2.24) is 4.31 Å². The first-order chi connectivity index (χ1) is 14.9. The molecule has 3 aromatic rings. The predicted octanol–water partition coefficient (Wildman–Crippen LogP) is 4.98. The average molecular weight is 438 g/mol. The van der Waals surface area contributed by atoms with Crippen molar-refractivity contribution in [3.63, 3.8) is 0 Å². The molecule has 160 valence electrons. The lowest BCUT2D eigenvalue weighted by Gasteiger charge is -2.20. The van der Waals surface area contributed by atoms with Crippen molar-refractivity contribution in [3.05, 3.63) is 107 Å². The van der Waals surface area contributed by atoms with Gasteiger partial charge in [0.05, 0.1) is 4.90 Å². The van der Waals surface area contributed by atoms with Gasteiger partial charge in [-0.3, -0.25) is 0 Å². The maximum atomic E-state index is 13.3. The van der Waals surface area contributed by atoms with Crippen LogP contribution in [-0.2, 0) is 14.8 Å². The highest BCUT2D eigenvalue weighted by atomic mass is 32.2. The molecule has 0 bridgehead atoms. The van der Waals surface area contributed by atoms with Crippen LogP contribution < -0.4 is 0 Å². The van der Waals surface area contributed by atoms with Gasteiger partial charge in [-0.15, -0.1) is 0 Å². The van der Waals surface area contributed by atoms with Crippen molar-refractivity contribution >= 4 is 16.1 Å². The second-order valence-corrected chi connectivity index (χ2v) is 9.53. The Bertz CT molecular complexity index is 1140. The molecule has 2 atom stereocenters. The van der Waals surface area contributed by atoms with Crippen molar-refractivity contribution in [1.29, 1.82) is 0 Å². The van der Waals surface area contributed by atoms with Gasteiger partial charge in [0.1, 0.15) is 18.0 Å². The fourth-order valence-corrected chi connectivity index (χ4v) is 4.83. The van der Waals surface area contributed by atoms with Crippen molar-refractivity contribution in [3.8, 4) is 0 Å². The lowest BCUT2D eigenvalue weighted by atomic mass is 10.1. The highest BCUT2D eigenvalue weighted by Crippen LogP contribution is 2.39. The Kier molecular flexibility index (Phi) is 6.32. The van der Waals surface area contributed by atoms with Gasteiger partial charge in [0.25, 0.3) is 0 Å². The van der Waals surface area contributed by atoms with Gasteiger partial charge < -0.3 is 4.74 Å². The number of aryl methyl sites for hydroxylation is 1. The zero-order chi connectivity index (χ0) is 21.8. The quantitative estimate of drug-likeness (QED) is 0.467. The predicted molar refractivity (Wildman–Crippen MR) is 119 cm³/mol. The number of sulfonamides is 1. The zero-order valence-electron chi connectivity index (χ0n) is 17.2. The summed E-state index contributed by atoms with van der Waals surface area (Å²) in [5.74, 6) is -0.310. The highest BCUT2D eigenvalue weighted by Gasteiger charge is 2.43. The van der Waals surface area contributed by atoms with E-state index in [1.807, 2.05) is 49.4 Å². The number of benzene rings is 3. The molecule has 1 heterocycles. The van der Waals surface area contributed by atoms with E-state index in [-0.39, 0.29) is 36.0 Å². The molecule has 3 aromatic carbocycles. The van der Waals surface area contributed by atoms with Gasteiger partial charge in [-0.1, -0.05) is 72.3 Å². The molecule has 1 aliphatic rings. The van der Waals surface area contributed by atoms with E-state index in [0.29, 0.717) is 0 Å². The molecule has 0 saturated carbocycles. The van der Waals surface area contributed by atoms with Crippen molar-refractivity contribution in [2.45, 2.75) is 24.0 Å². The number of ether oxygens (including phenoxy) is 1. The maximum absolute atomic E-state index is 13.3. The molecule has 31 heavy (non-hydrogen) atoms. The smallest absolute Gasteiger partial charge is 0.243 e. The molecule has 0 radical (unpaired) electrons. The minimum Gasteiger partial charge on any atom is -0.363 e. The minimum atomic E-state index is -3.70. The summed E-state index contributed by atoms with van der Waals surface area (Å²) in [4.78, 5) is 0.255. The van der Waals surface area contributed by atoms with Crippen LogP contribution in [0.3, 0.4) is 0 Å². The second-order valence-electron chi connectivity index (χ2n) is 7.59. The molecule has 4 rings (SSSR count). The molecule has 6 heteroatoms. The summed E-state index contributed by atoms with van der Waals surface area (Å²) in [6, 6.07) is 22.7. The van der Waals surface area contributed by atoms with Crippen molar-refractivity contribution in [2.24, 2.45) is 0 Å². The van der Waals surface area contributed by atoms with E-state index < -0.39 is 10.0 Å². The van der Waals surface area contributed by atoms with E-state index >= 15 is 0 Å². The normalized spacial score (nSPS) is 18.5. The van der Waals surface area contributed by atoms with Gasteiger partial charge in [-0.05, 0) is 42.3 Å². The van der Waals surface area contributed by atoms with E-state index in [0.717, 1.165) is 16.7 Å². The van der Waals surface area contributed by atoms with E-state index in [2.05, 4.69) is 0 Å². The number of halogens is 1. The summed E-state index contributed by atoms with van der Waals surface area (Å²) >= 11 is 0. The zero-order valence-corrected chi connectivity index (χ0v) is 18.0. The highest BCUT2D eigenvalue weighted by molar-refractivity contribution is 7.89. The largest absolute Gasteiger partial charge is 0.363 e. The van der Waals surface area contributed by atoms with Crippen LogP contribution in [0, 0.1) is 12.7 Å². The SMILES string of the molecule is Cc1ccc(S(=O)(=O)N(C/C=C/c2ccccc2)CC2OC2c2ccc(F)cc2)cc1. The Labute approximate surface area is 182 Å². The molecule has 1 aliphatic heterocycles. The molecule has 1 saturated heterocycles. The fourth-order valence-electron chi connectivity index (χ4n) is 3.43. The first kappa shape index (κ1) is 21.4. The van der Waals surface area contributed by atoms with Gasteiger partial charge in [0.2, 0.25) is 10.0 Å². The maximum Gasteiger partial charge on any atom is 0.243 e. The summed E-state index contributed by atoms with van der Waals surface area (Å²) in [5.41, 5.74) is 2.84. The van der Waals surface area contributed by atoms with Gasteiger partial charge in [0, 0.05) is 13.1 Å². The van der Waals surface area contributed by atoms with Crippen LogP contribution in [0.4, 0.5) is 4.39 Å². The third-order valence-corrected chi connectivity index (χ3v) is 7.09. The van der Waals surface area contributed by atoms with Crippen molar-refractivity contribution in [2.75, 3.05) is 13.1 Å². The first-order valence-electron chi connectivity index (χ1n) is 10.1. The first-order valence-corrected chi connectivity index (χ1v) is 11.6. The molecule has 0 aromatic heterocycles. The number of epoxide rings is 1. The summed E-state index contributed by atoms with van der Waals surface area (Å²) < 4.78 is 47.0. The Morgan fingerprint density at radius 3 is 2.32 bits per heavy atom. The number of hydrogen-bond donors (Lipinski definition) is 0. The van der Waals surface area contributed by atoms with E-state index in [1.165, 1.54) is 16.4 Å². The summed E-state index contributed by atoms with van der Waals surface area (Å²) in [6.45, 7) is 2.36. The Balaban J connectivity index is 1.53. The van der Waals surface area contributed by atoms with Gasteiger partial charge in [-0.25, -0.2) is 12.8 Å². The summed E-state index contributed by atoms with van der Waals surface area (Å²) in [6.07, 6.45) is 3.25. The molecule has 1 fully saturated rings. The minimum absolute atomic E-state index is 0.220. The van der Waals surface area contributed by atoms with Crippen LogP contribution in [-0.4, -0.2) is 31.9 Å². The lowest BCUT2D eigenvalue weighted by Crippen LogP contribution is -2.34. The average Bonchev–Trinajstić information content (AvgIpc) is 3.54. The standard InChI is InChI=1S/C25H24FNO3S/c1-19-9-15-23(16-10-19)31(28,29)27(17-5-8-20-6-3-2-4-7-20)18-24-25(30-24)21-11-13-22(26)14-12-21/h2-16,24-25H,17-18H2,1H3/b8-5+. The molecule has 4 nitrogen and oxygen atoms in total. The van der Waals surface area contributed by atoms with Crippen LogP contribution in [0.5, 0.6) is 0 Å². The van der Waals surface area contributed by atoms with Gasteiger partial charge in [-0.2, -0.15) is 4.31 Å². The lowest BCUT2D eigenvalue weighted by molar-refractivity contribution is 0.334. The molecule has 2 unspecified atom stereocenters. The second kappa shape index (κ2) is 9.14. The third-order valence-electron chi connectivity index (χ3n) is 5.24.